The van der Waals surface area contributed by atoms with Crippen LogP contribution < -0.4 is 11.3 Å². The van der Waals surface area contributed by atoms with Gasteiger partial charge in [-0.2, -0.15) is 0 Å². The highest BCUT2D eigenvalue weighted by atomic mass is 32.1. The first-order valence-electron chi connectivity index (χ1n) is 7.69. The lowest BCUT2D eigenvalue weighted by Gasteiger charge is -2.32. The van der Waals surface area contributed by atoms with Crippen molar-refractivity contribution in [2.24, 2.45) is 17.7 Å². The molecule has 2 aromatic rings. The average Bonchev–Trinajstić information content (AvgIpc) is 2.89. The summed E-state index contributed by atoms with van der Waals surface area (Å²) in [5, 5.41) is 3.71. The second kappa shape index (κ2) is 6.25. The Kier molecular flexibility index (Phi) is 4.39. The molecule has 3 N–H and O–H groups in total. The van der Waals surface area contributed by atoms with Gasteiger partial charge in [0.25, 0.3) is 0 Å². The first-order chi connectivity index (χ1) is 9.78. The molecule has 1 saturated carbocycles. The maximum absolute atomic E-state index is 5.85. The van der Waals surface area contributed by atoms with E-state index in [1.165, 1.54) is 41.3 Å². The number of benzene rings is 1. The van der Waals surface area contributed by atoms with Crippen LogP contribution in [0.1, 0.15) is 38.2 Å². The molecule has 1 aliphatic rings. The Balaban J connectivity index is 1.74. The molecule has 1 atom stereocenters. The molecular weight excluding hydrogens is 264 g/mol. The third-order valence-corrected chi connectivity index (χ3v) is 5.86. The molecule has 0 spiro atoms. The van der Waals surface area contributed by atoms with Crippen LogP contribution in [0.3, 0.4) is 0 Å². The Morgan fingerprint density at radius 3 is 2.75 bits per heavy atom. The van der Waals surface area contributed by atoms with Gasteiger partial charge >= 0.3 is 0 Å². The highest BCUT2D eigenvalue weighted by Crippen LogP contribution is 2.33. The number of fused-ring (bicyclic) bond motifs is 1. The van der Waals surface area contributed by atoms with E-state index in [9.17, 15) is 0 Å². The summed E-state index contributed by atoms with van der Waals surface area (Å²) >= 11 is 1.84. The fourth-order valence-electron chi connectivity index (χ4n) is 3.48. The van der Waals surface area contributed by atoms with Crippen molar-refractivity contribution in [1.29, 1.82) is 0 Å². The van der Waals surface area contributed by atoms with Crippen LogP contribution in [-0.2, 0) is 6.42 Å². The molecular formula is C17H24N2S. The number of hydrogen-bond acceptors (Lipinski definition) is 3. The summed E-state index contributed by atoms with van der Waals surface area (Å²) in [5.41, 5.74) is 4.55. The molecule has 108 valence electrons. The van der Waals surface area contributed by atoms with Crippen molar-refractivity contribution in [3.8, 4) is 0 Å². The van der Waals surface area contributed by atoms with Crippen molar-refractivity contribution >= 4 is 21.4 Å². The summed E-state index contributed by atoms with van der Waals surface area (Å²) in [6.45, 7) is 2.37. The second-order valence-electron chi connectivity index (χ2n) is 6.25. The van der Waals surface area contributed by atoms with Crippen molar-refractivity contribution in [3.05, 3.63) is 35.2 Å². The largest absolute Gasteiger partial charge is 0.271 e. The fraction of sp³-hybridized carbons (Fsp3) is 0.529. The van der Waals surface area contributed by atoms with E-state index in [1.807, 2.05) is 11.3 Å². The summed E-state index contributed by atoms with van der Waals surface area (Å²) < 4.78 is 1.38. The van der Waals surface area contributed by atoms with Gasteiger partial charge in [0.15, 0.2) is 0 Å². The monoisotopic (exact) mass is 288 g/mol. The van der Waals surface area contributed by atoms with E-state index in [4.69, 9.17) is 5.84 Å². The van der Waals surface area contributed by atoms with Gasteiger partial charge in [0.2, 0.25) is 0 Å². The predicted octanol–water partition coefficient (Wildman–Crippen LogP) is 4.10. The second-order valence-corrected chi connectivity index (χ2v) is 7.17. The molecule has 0 radical (unpaired) electrons. The highest BCUT2D eigenvalue weighted by molar-refractivity contribution is 7.17. The van der Waals surface area contributed by atoms with Gasteiger partial charge in [-0.3, -0.25) is 11.3 Å². The first-order valence-corrected chi connectivity index (χ1v) is 8.57. The minimum Gasteiger partial charge on any atom is -0.271 e. The lowest BCUT2D eigenvalue weighted by molar-refractivity contribution is 0.230. The molecule has 3 rings (SSSR count). The molecule has 20 heavy (non-hydrogen) atoms. The molecule has 1 aliphatic carbocycles. The number of hydrazine groups is 1. The smallest absolute Gasteiger partial charge is 0.0345 e. The van der Waals surface area contributed by atoms with Crippen LogP contribution in [0.5, 0.6) is 0 Å². The first kappa shape index (κ1) is 14.1. The molecule has 1 unspecified atom stereocenters. The van der Waals surface area contributed by atoms with Crippen LogP contribution in [0.2, 0.25) is 0 Å². The van der Waals surface area contributed by atoms with Crippen LogP contribution >= 0.6 is 11.3 Å². The van der Waals surface area contributed by atoms with Gasteiger partial charge in [0.1, 0.15) is 0 Å². The lowest BCUT2D eigenvalue weighted by atomic mass is 9.78. The summed E-state index contributed by atoms with van der Waals surface area (Å²) in [5.74, 6) is 7.48. The van der Waals surface area contributed by atoms with E-state index in [1.54, 1.807) is 0 Å². The van der Waals surface area contributed by atoms with Crippen molar-refractivity contribution in [2.75, 3.05) is 0 Å². The van der Waals surface area contributed by atoms with E-state index in [0.29, 0.717) is 6.04 Å². The van der Waals surface area contributed by atoms with Crippen molar-refractivity contribution in [1.82, 2.24) is 5.43 Å². The van der Waals surface area contributed by atoms with Gasteiger partial charge in [0.05, 0.1) is 0 Å². The number of hydrogen-bond donors (Lipinski definition) is 2. The molecule has 0 saturated heterocycles. The third-order valence-electron chi connectivity index (χ3n) is 4.84. The Morgan fingerprint density at radius 2 is 2.00 bits per heavy atom. The quantitative estimate of drug-likeness (QED) is 0.656. The normalized spacial score (nSPS) is 24.9. The molecule has 0 bridgehead atoms. The fourth-order valence-corrected chi connectivity index (χ4v) is 4.45. The van der Waals surface area contributed by atoms with E-state index in [0.717, 1.165) is 18.3 Å². The van der Waals surface area contributed by atoms with Crippen molar-refractivity contribution in [3.63, 3.8) is 0 Å². The average molecular weight is 288 g/mol. The summed E-state index contributed by atoms with van der Waals surface area (Å²) in [6.07, 6.45) is 6.40. The Labute approximate surface area is 125 Å². The topological polar surface area (TPSA) is 38.0 Å². The maximum Gasteiger partial charge on any atom is 0.0345 e. The van der Waals surface area contributed by atoms with Gasteiger partial charge in [-0.15, -0.1) is 11.3 Å². The molecule has 3 heteroatoms. The standard InChI is InChI=1S/C17H24N2S/c1-12-6-8-13(9-7-12)16(19-18)10-14-11-20-17-5-3-2-4-15(14)17/h2-5,11-13,16,19H,6-10,18H2,1H3. The minimum absolute atomic E-state index is 0.417. The van der Waals surface area contributed by atoms with Gasteiger partial charge < -0.3 is 0 Å². The zero-order chi connectivity index (χ0) is 13.9. The molecule has 1 aromatic heterocycles. The zero-order valence-corrected chi connectivity index (χ0v) is 13.0. The van der Waals surface area contributed by atoms with Crippen LogP contribution in [0.4, 0.5) is 0 Å². The number of thiophene rings is 1. The summed E-state index contributed by atoms with van der Waals surface area (Å²) in [6, 6.07) is 9.10. The van der Waals surface area contributed by atoms with Gasteiger partial charge in [-0.25, -0.2) is 0 Å². The van der Waals surface area contributed by atoms with Gasteiger partial charge in [0, 0.05) is 10.7 Å². The van der Waals surface area contributed by atoms with Crippen LogP contribution in [0.15, 0.2) is 29.6 Å². The molecule has 1 fully saturated rings. The van der Waals surface area contributed by atoms with Gasteiger partial charge in [-0.05, 0) is 53.5 Å². The molecule has 0 amide bonds. The Morgan fingerprint density at radius 1 is 1.25 bits per heavy atom. The molecule has 0 aliphatic heterocycles. The Hall–Kier alpha value is -0.900. The van der Waals surface area contributed by atoms with Crippen LogP contribution in [0.25, 0.3) is 10.1 Å². The lowest BCUT2D eigenvalue weighted by Crippen LogP contribution is -2.43. The van der Waals surface area contributed by atoms with E-state index < -0.39 is 0 Å². The number of nitrogens with two attached hydrogens (primary N) is 1. The van der Waals surface area contributed by atoms with Crippen LogP contribution in [0, 0.1) is 11.8 Å². The van der Waals surface area contributed by atoms with E-state index in [-0.39, 0.29) is 0 Å². The predicted molar refractivity (Wildman–Crippen MR) is 87.8 cm³/mol. The molecule has 1 aromatic carbocycles. The van der Waals surface area contributed by atoms with Gasteiger partial charge in [-0.1, -0.05) is 38.0 Å². The SMILES string of the molecule is CC1CCC(C(Cc2csc3ccccc23)NN)CC1. The summed E-state index contributed by atoms with van der Waals surface area (Å²) in [7, 11) is 0. The minimum atomic E-state index is 0.417. The van der Waals surface area contributed by atoms with Crippen molar-refractivity contribution in [2.45, 2.75) is 45.1 Å². The maximum atomic E-state index is 5.85. The van der Waals surface area contributed by atoms with E-state index >= 15 is 0 Å². The molecule has 2 nitrogen and oxygen atoms in total. The van der Waals surface area contributed by atoms with E-state index in [2.05, 4.69) is 42.0 Å². The zero-order valence-electron chi connectivity index (χ0n) is 12.1. The van der Waals surface area contributed by atoms with Crippen molar-refractivity contribution < 1.29 is 0 Å². The summed E-state index contributed by atoms with van der Waals surface area (Å²) in [4.78, 5) is 0. The van der Waals surface area contributed by atoms with Crippen LogP contribution in [-0.4, -0.2) is 6.04 Å². The Bertz CT molecular complexity index is 555. The highest BCUT2D eigenvalue weighted by Gasteiger charge is 2.26. The number of rotatable bonds is 4. The third kappa shape index (κ3) is 2.90. The molecule has 1 heterocycles. The number of nitrogens with one attached hydrogen (secondary N) is 1.